The highest BCUT2D eigenvalue weighted by molar-refractivity contribution is 7.44. The molecule has 0 aliphatic carbocycles. The van der Waals surface area contributed by atoms with E-state index >= 15 is 0 Å². The molecule has 0 aromatic heterocycles. The molecular formula is C38H47F3N3O7P. The lowest BCUT2D eigenvalue weighted by atomic mass is 9.79. The Morgan fingerprint density at radius 1 is 0.885 bits per heavy atom. The van der Waals surface area contributed by atoms with Crippen molar-refractivity contribution in [1.29, 1.82) is 5.26 Å². The maximum Gasteiger partial charge on any atom is 0.471 e. The molecule has 0 saturated carbocycles. The summed E-state index contributed by atoms with van der Waals surface area (Å²) in [7, 11) is 2.48. The molecule has 0 spiro atoms. The highest BCUT2D eigenvalue weighted by Crippen LogP contribution is 2.48. The zero-order chi connectivity index (χ0) is 38.1. The van der Waals surface area contributed by atoms with Crippen LogP contribution in [0.1, 0.15) is 50.8 Å². The number of ether oxygens (including phenoxy) is 4. The highest BCUT2D eigenvalue weighted by atomic mass is 31.2. The highest BCUT2D eigenvalue weighted by Gasteiger charge is 2.52. The zero-order valence-electron chi connectivity index (χ0n) is 30.5. The minimum atomic E-state index is -5.13. The fraction of sp³-hybridized carbons (Fsp3) is 0.474. The molecule has 3 aromatic carbocycles. The number of amides is 1. The summed E-state index contributed by atoms with van der Waals surface area (Å²) in [6.45, 7) is 7.72. The Hall–Kier alpha value is -3.76. The van der Waals surface area contributed by atoms with Crippen LogP contribution in [0.3, 0.4) is 0 Å². The van der Waals surface area contributed by atoms with Gasteiger partial charge in [0, 0.05) is 19.1 Å². The molecule has 14 heteroatoms. The van der Waals surface area contributed by atoms with Crippen molar-refractivity contribution in [3.05, 3.63) is 95.6 Å². The van der Waals surface area contributed by atoms with E-state index in [4.69, 9.17) is 33.3 Å². The Kier molecular flexibility index (Phi) is 14.5. The molecule has 4 rings (SSSR count). The van der Waals surface area contributed by atoms with E-state index in [0.29, 0.717) is 33.1 Å². The van der Waals surface area contributed by atoms with Crippen molar-refractivity contribution in [2.24, 2.45) is 0 Å². The number of nitriles is 1. The van der Waals surface area contributed by atoms with Gasteiger partial charge in [-0.05, 0) is 68.7 Å². The first-order chi connectivity index (χ1) is 24.8. The van der Waals surface area contributed by atoms with E-state index in [1.807, 2.05) is 87.0 Å². The van der Waals surface area contributed by atoms with Crippen molar-refractivity contribution in [2.45, 2.75) is 76.2 Å². The van der Waals surface area contributed by atoms with Crippen LogP contribution in [0, 0.1) is 11.3 Å². The Balaban J connectivity index is 1.88. The normalized spacial score (nSPS) is 18.4. The molecule has 1 heterocycles. The molecule has 1 unspecified atom stereocenters. The van der Waals surface area contributed by atoms with Crippen molar-refractivity contribution < 1.29 is 46.0 Å². The van der Waals surface area contributed by atoms with E-state index in [0.717, 1.165) is 7.05 Å². The van der Waals surface area contributed by atoms with Gasteiger partial charge in [-0.15, -0.1) is 0 Å². The number of hydrogen-bond acceptors (Lipinski definition) is 9. The average Bonchev–Trinajstić information content (AvgIpc) is 3.53. The average molecular weight is 746 g/mol. The van der Waals surface area contributed by atoms with Gasteiger partial charge in [0.25, 0.3) is 8.53 Å². The third-order valence-corrected chi connectivity index (χ3v) is 10.9. The Bertz CT molecular complexity index is 1550. The van der Waals surface area contributed by atoms with Gasteiger partial charge in [-0.25, -0.2) is 4.67 Å². The zero-order valence-corrected chi connectivity index (χ0v) is 31.4. The molecule has 0 N–H and O–H groups in total. The summed E-state index contributed by atoms with van der Waals surface area (Å²) in [5.74, 6) is -0.841. The first-order valence-corrected chi connectivity index (χ1v) is 18.1. The van der Waals surface area contributed by atoms with Crippen molar-refractivity contribution in [3.63, 3.8) is 0 Å². The number of benzene rings is 3. The fourth-order valence-corrected chi connectivity index (χ4v) is 7.94. The van der Waals surface area contributed by atoms with Crippen LogP contribution in [0.4, 0.5) is 13.2 Å². The van der Waals surface area contributed by atoms with Gasteiger partial charge in [-0.2, -0.15) is 18.4 Å². The van der Waals surface area contributed by atoms with E-state index in [1.54, 1.807) is 38.5 Å². The predicted octanol–water partition coefficient (Wildman–Crippen LogP) is 7.46. The second kappa shape index (κ2) is 18.3. The van der Waals surface area contributed by atoms with E-state index in [9.17, 15) is 18.0 Å². The molecule has 10 nitrogen and oxygen atoms in total. The minimum Gasteiger partial charge on any atom is -0.497 e. The Labute approximate surface area is 305 Å². The van der Waals surface area contributed by atoms with Crippen LogP contribution in [0.5, 0.6) is 11.5 Å². The van der Waals surface area contributed by atoms with Crippen LogP contribution < -0.4 is 9.47 Å². The van der Waals surface area contributed by atoms with Crippen LogP contribution in [0.15, 0.2) is 78.9 Å². The van der Waals surface area contributed by atoms with Crippen LogP contribution in [-0.2, 0) is 28.9 Å². The lowest BCUT2D eigenvalue weighted by Gasteiger charge is -2.42. The third kappa shape index (κ3) is 9.42. The number of hydrogen-bond donors (Lipinski definition) is 0. The van der Waals surface area contributed by atoms with Crippen LogP contribution in [0.2, 0.25) is 0 Å². The first kappa shape index (κ1) is 41.0. The fourth-order valence-electron chi connectivity index (χ4n) is 6.32. The minimum absolute atomic E-state index is 0.00361. The first-order valence-electron chi connectivity index (χ1n) is 17.0. The molecule has 1 amide bonds. The summed E-state index contributed by atoms with van der Waals surface area (Å²) in [6, 6.07) is 24.7. The summed E-state index contributed by atoms with van der Waals surface area (Å²) in [5, 5.41) is 9.17. The maximum absolute atomic E-state index is 13.9. The molecule has 52 heavy (non-hydrogen) atoms. The van der Waals surface area contributed by atoms with Gasteiger partial charge < -0.3 is 32.9 Å². The van der Waals surface area contributed by atoms with Crippen LogP contribution in [0.25, 0.3) is 0 Å². The SMILES string of the molecule is COc1ccc(C(O[C@@H]2[C@H](N(C)C(=O)C(F)(F)F)CO[C@@H]2COP(OCCC#N)N(C(C)C)C(C)C)(c2ccccc2)c2ccc(OC)cc2)cc1. The predicted molar refractivity (Wildman–Crippen MR) is 191 cm³/mol. The number of nitrogens with zero attached hydrogens (tertiary/aromatic N) is 3. The number of carbonyl (C=O) groups excluding carboxylic acids is 1. The summed E-state index contributed by atoms with van der Waals surface area (Å²) < 4.78 is 80.7. The Morgan fingerprint density at radius 2 is 1.40 bits per heavy atom. The molecule has 282 valence electrons. The smallest absolute Gasteiger partial charge is 0.471 e. The van der Waals surface area contributed by atoms with Gasteiger partial charge in [0.05, 0.1) is 52.6 Å². The second-order valence-corrected chi connectivity index (χ2v) is 14.2. The third-order valence-electron chi connectivity index (χ3n) is 8.78. The monoisotopic (exact) mass is 745 g/mol. The standard InChI is InChI=1S/C38H47F3N3O7P/c1-26(2)44(27(3)4)52(49-23-11-22-42)50-25-34-35(33(24-48-34)43(5)36(45)38(39,40)41)51-37(28-12-9-8-10-13-28,29-14-18-31(46-6)19-15-29)30-16-20-32(47-7)21-17-30/h8-10,12-21,26-27,33-35H,11,23-25H2,1-7H3/t33-,34-,35-,52?/m1/s1. The summed E-state index contributed by atoms with van der Waals surface area (Å²) in [6.07, 6.45) is -7.08. The van der Waals surface area contributed by atoms with E-state index in [2.05, 4.69) is 6.07 Å². The molecule has 0 radical (unpaired) electrons. The van der Waals surface area contributed by atoms with Gasteiger partial charge in [0.2, 0.25) is 0 Å². The lowest BCUT2D eigenvalue weighted by molar-refractivity contribution is -0.189. The topological polar surface area (TPSA) is 103 Å². The largest absolute Gasteiger partial charge is 0.497 e. The van der Waals surface area contributed by atoms with E-state index < -0.39 is 44.5 Å². The van der Waals surface area contributed by atoms with Crippen molar-refractivity contribution in [2.75, 3.05) is 41.1 Å². The molecule has 3 aromatic rings. The van der Waals surface area contributed by atoms with Crippen LogP contribution >= 0.6 is 8.53 Å². The molecule has 1 aliphatic rings. The van der Waals surface area contributed by atoms with E-state index in [-0.39, 0.29) is 38.3 Å². The van der Waals surface area contributed by atoms with Gasteiger partial charge in [0.15, 0.2) is 0 Å². The number of alkyl halides is 3. The number of carbonyl (C=O) groups is 1. The molecular weight excluding hydrogens is 698 g/mol. The number of rotatable bonds is 17. The summed E-state index contributed by atoms with van der Waals surface area (Å²) in [4.78, 5) is 13.4. The van der Waals surface area contributed by atoms with Gasteiger partial charge in [-0.1, -0.05) is 54.6 Å². The second-order valence-electron chi connectivity index (χ2n) is 12.8. The Morgan fingerprint density at radius 3 is 1.87 bits per heavy atom. The number of halogens is 3. The summed E-state index contributed by atoms with van der Waals surface area (Å²) >= 11 is 0. The number of methoxy groups -OCH3 is 2. The van der Waals surface area contributed by atoms with Crippen molar-refractivity contribution in [3.8, 4) is 17.6 Å². The van der Waals surface area contributed by atoms with E-state index in [1.165, 1.54) is 0 Å². The molecule has 4 atom stereocenters. The molecule has 1 aliphatic heterocycles. The molecule has 0 bridgehead atoms. The van der Waals surface area contributed by atoms with Crippen molar-refractivity contribution in [1.82, 2.24) is 9.57 Å². The van der Waals surface area contributed by atoms with Gasteiger partial charge >= 0.3 is 12.1 Å². The van der Waals surface area contributed by atoms with Gasteiger partial charge in [-0.3, -0.25) is 4.79 Å². The summed E-state index contributed by atoms with van der Waals surface area (Å²) in [5.41, 5.74) is 0.529. The van der Waals surface area contributed by atoms with Gasteiger partial charge in [0.1, 0.15) is 29.3 Å². The lowest BCUT2D eigenvalue weighted by Crippen LogP contribution is -2.54. The maximum atomic E-state index is 13.9. The quantitative estimate of drug-likeness (QED) is 0.0792. The molecule has 1 fully saturated rings. The van der Waals surface area contributed by atoms with Crippen molar-refractivity contribution >= 4 is 14.4 Å². The van der Waals surface area contributed by atoms with Crippen LogP contribution in [-0.4, -0.2) is 93.1 Å². The molecule has 1 saturated heterocycles. The number of likely N-dealkylation sites (N-methyl/N-ethyl adjacent to an activating group) is 1.